The van der Waals surface area contributed by atoms with Gasteiger partial charge < -0.3 is 20.2 Å². The number of carbonyl (C=O) groups excluding carboxylic acids is 2. The third-order valence-electron chi connectivity index (χ3n) is 7.11. The van der Waals surface area contributed by atoms with Crippen LogP contribution in [0.2, 0.25) is 0 Å². The second-order valence-electron chi connectivity index (χ2n) is 9.95. The van der Waals surface area contributed by atoms with Crippen LogP contribution >= 0.6 is 0 Å². The monoisotopic (exact) mass is 480 g/mol. The first kappa shape index (κ1) is 23.4. The van der Waals surface area contributed by atoms with Crippen LogP contribution < -0.4 is 11.0 Å². The Kier molecular flexibility index (Phi) is 6.27. The molecule has 1 aromatic carbocycles. The fourth-order valence-electron chi connectivity index (χ4n) is 4.87. The molecule has 5 rings (SSSR count). The first-order valence-corrected chi connectivity index (χ1v) is 12.4. The van der Waals surface area contributed by atoms with E-state index in [1.165, 1.54) is 0 Å². The van der Waals surface area contributed by atoms with Crippen molar-refractivity contribution in [3.8, 4) is 0 Å². The molecule has 9 heteroatoms. The van der Waals surface area contributed by atoms with Gasteiger partial charge in [0.15, 0.2) is 5.82 Å². The highest BCUT2D eigenvalue weighted by molar-refractivity contribution is 6.00. The minimum absolute atomic E-state index is 0.0409. The molecule has 186 valence electrons. The molecule has 35 heavy (non-hydrogen) atoms. The lowest BCUT2D eigenvalue weighted by molar-refractivity contribution is -0.131. The topological polar surface area (TPSA) is 83.7 Å². The van der Waals surface area contributed by atoms with Crippen LogP contribution in [-0.4, -0.2) is 64.3 Å². The summed E-state index contributed by atoms with van der Waals surface area (Å²) in [7, 11) is 1.81. The molecule has 8 nitrogen and oxygen atoms in total. The van der Waals surface area contributed by atoms with E-state index in [2.05, 4.69) is 29.8 Å². The number of hydrogen-bond donors (Lipinski definition) is 3. The van der Waals surface area contributed by atoms with E-state index in [9.17, 15) is 9.59 Å². The molecular weight excluding hydrogens is 447 g/mol. The Hall–Kier alpha value is -3.33. The van der Waals surface area contributed by atoms with Crippen molar-refractivity contribution in [1.29, 1.82) is 0 Å². The Bertz CT molecular complexity index is 1210. The minimum Gasteiger partial charge on any atom is -0.348 e. The number of nitrogens with zero attached hydrogens (tertiary/aromatic N) is 3. The van der Waals surface area contributed by atoms with Gasteiger partial charge in [0.25, 0.3) is 5.91 Å². The Morgan fingerprint density at radius 3 is 2.74 bits per heavy atom. The molecule has 2 amide bonds. The lowest BCUT2D eigenvalue weighted by Gasteiger charge is -2.29. The minimum atomic E-state index is -0.365. The van der Waals surface area contributed by atoms with Crippen molar-refractivity contribution >= 4 is 28.3 Å². The zero-order valence-corrected chi connectivity index (χ0v) is 20.5. The van der Waals surface area contributed by atoms with Crippen LogP contribution in [-0.2, 0) is 4.79 Å². The summed E-state index contributed by atoms with van der Waals surface area (Å²) in [5.74, 6) is -0.284. The molecule has 3 N–H and O–H groups in total. The number of halogens is 1. The molecule has 3 heterocycles. The lowest BCUT2D eigenvalue weighted by Crippen LogP contribution is -2.40. The normalized spacial score (nSPS) is 17.8. The fraction of sp³-hybridized carbons (Fsp3) is 0.462. The van der Waals surface area contributed by atoms with Gasteiger partial charge in [0, 0.05) is 62.5 Å². The molecule has 2 aromatic rings. The highest BCUT2D eigenvalue weighted by atomic mass is 19.1. The predicted octanol–water partition coefficient (Wildman–Crippen LogP) is 3.47. The summed E-state index contributed by atoms with van der Waals surface area (Å²) in [6.07, 6.45) is 8.71. The second-order valence-corrected chi connectivity index (χ2v) is 9.95. The molecule has 0 atom stereocenters. The summed E-state index contributed by atoms with van der Waals surface area (Å²) in [6.45, 7) is 5.69. The molecule has 3 aliphatic rings. The summed E-state index contributed by atoms with van der Waals surface area (Å²) in [4.78, 5) is 32.4. The molecule has 2 aliphatic heterocycles. The number of hydrogen-bond acceptors (Lipinski definition) is 5. The van der Waals surface area contributed by atoms with Crippen LogP contribution in [0.1, 0.15) is 67.1 Å². The highest BCUT2D eigenvalue weighted by Gasteiger charge is 2.31. The highest BCUT2D eigenvalue weighted by Crippen LogP contribution is 2.35. The first-order chi connectivity index (χ1) is 16.8. The van der Waals surface area contributed by atoms with Gasteiger partial charge in [-0.2, -0.15) is 0 Å². The van der Waals surface area contributed by atoms with Gasteiger partial charge in [0.1, 0.15) is 5.69 Å². The van der Waals surface area contributed by atoms with Gasteiger partial charge in [0.05, 0.1) is 5.52 Å². The van der Waals surface area contributed by atoms with Crippen molar-refractivity contribution < 1.29 is 14.0 Å². The van der Waals surface area contributed by atoms with Crippen molar-refractivity contribution in [3.05, 3.63) is 53.2 Å². The smallest absolute Gasteiger partial charge is 0.270 e. The van der Waals surface area contributed by atoms with Crippen LogP contribution in [0, 0.1) is 5.82 Å². The summed E-state index contributed by atoms with van der Waals surface area (Å²) >= 11 is 0. The van der Waals surface area contributed by atoms with E-state index >= 15 is 4.39 Å². The van der Waals surface area contributed by atoms with Crippen LogP contribution in [0.3, 0.4) is 0 Å². The van der Waals surface area contributed by atoms with E-state index in [0.717, 1.165) is 29.4 Å². The molecule has 0 saturated heterocycles. The third kappa shape index (κ3) is 4.65. The fourth-order valence-corrected chi connectivity index (χ4v) is 4.87. The van der Waals surface area contributed by atoms with Gasteiger partial charge in [-0.1, -0.05) is 19.9 Å². The van der Waals surface area contributed by atoms with Crippen molar-refractivity contribution in [2.75, 3.05) is 26.7 Å². The number of rotatable bonds is 7. The molecule has 1 saturated carbocycles. The standard InChI is InChI=1S/C26H33FN6O2/c1-16(2)19-13-20(17-5-4-10-32(15-17)23(34)8-11-33-12-9-28-30-33)24(27)25-21(19)14-22(29-25)26(35)31(3)18-6-7-18/h5,9,12-14,16,18,28-30H,4,6-8,10-11,15H2,1-3H3. The number of nitrogens with one attached hydrogen (secondary N) is 3. The third-order valence-corrected chi connectivity index (χ3v) is 7.11. The first-order valence-electron chi connectivity index (χ1n) is 12.4. The van der Waals surface area contributed by atoms with E-state index < -0.39 is 0 Å². The average Bonchev–Trinajstić information content (AvgIpc) is 3.38. The number of aromatic nitrogens is 1. The van der Waals surface area contributed by atoms with Gasteiger partial charge in [-0.25, -0.2) is 4.39 Å². The largest absolute Gasteiger partial charge is 0.348 e. The van der Waals surface area contributed by atoms with E-state index in [1.807, 2.05) is 30.4 Å². The summed E-state index contributed by atoms with van der Waals surface area (Å²) in [5.41, 5.74) is 8.87. The van der Waals surface area contributed by atoms with E-state index in [0.29, 0.717) is 49.2 Å². The number of aromatic amines is 1. The SMILES string of the molecule is CC(C)c1cc(C2=CCCN(C(=O)CCN3C=CNN3)C2)c(F)c2[nH]c(C(=O)N(C)C3CC3)cc12. The van der Waals surface area contributed by atoms with Crippen LogP contribution in [0.25, 0.3) is 16.5 Å². The van der Waals surface area contributed by atoms with Gasteiger partial charge in [-0.3, -0.25) is 14.6 Å². The van der Waals surface area contributed by atoms with Crippen molar-refractivity contribution in [2.24, 2.45) is 0 Å². The molecule has 0 spiro atoms. The van der Waals surface area contributed by atoms with E-state index in [1.54, 1.807) is 22.1 Å². The molecule has 1 aromatic heterocycles. The lowest BCUT2D eigenvalue weighted by atomic mass is 9.92. The van der Waals surface area contributed by atoms with E-state index in [-0.39, 0.29) is 29.6 Å². The maximum absolute atomic E-state index is 15.9. The van der Waals surface area contributed by atoms with E-state index in [4.69, 9.17) is 0 Å². The molecular formula is C26H33FN6O2. The second kappa shape index (κ2) is 9.37. The number of hydrazine groups is 2. The molecule has 0 radical (unpaired) electrons. The van der Waals surface area contributed by atoms with Crippen molar-refractivity contribution in [3.63, 3.8) is 0 Å². The number of benzene rings is 1. The maximum Gasteiger partial charge on any atom is 0.270 e. The number of carbonyl (C=O) groups is 2. The number of amides is 2. The predicted molar refractivity (Wildman–Crippen MR) is 133 cm³/mol. The molecule has 1 aliphatic carbocycles. The zero-order chi connectivity index (χ0) is 24.7. The Labute approximate surface area is 204 Å². The summed E-state index contributed by atoms with van der Waals surface area (Å²) in [5, 5.41) is 2.56. The van der Waals surface area contributed by atoms with Gasteiger partial charge in [-0.05, 0) is 48.4 Å². The van der Waals surface area contributed by atoms with Crippen molar-refractivity contribution in [1.82, 2.24) is 30.8 Å². The van der Waals surface area contributed by atoms with Gasteiger partial charge in [-0.15, -0.1) is 5.53 Å². The number of fused-ring (bicyclic) bond motifs is 1. The summed E-state index contributed by atoms with van der Waals surface area (Å²) in [6, 6.07) is 3.97. The number of H-pyrrole nitrogens is 1. The van der Waals surface area contributed by atoms with Crippen LogP contribution in [0.15, 0.2) is 30.6 Å². The maximum atomic E-state index is 15.9. The quantitative estimate of drug-likeness (QED) is 0.565. The van der Waals surface area contributed by atoms with Gasteiger partial charge in [0.2, 0.25) is 5.91 Å². The zero-order valence-electron chi connectivity index (χ0n) is 20.5. The Morgan fingerprint density at radius 1 is 1.26 bits per heavy atom. The van der Waals surface area contributed by atoms with Crippen molar-refractivity contribution in [2.45, 2.75) is 51.5 Å². The Morgan fingerprint density at radius 2 is 2.06 bits per heavy atom. The Balaban J connectivity index is 1.41. The average molecular weight is 481 g/mol. The molecule has 1 fully saturated rings. The summed E-state index contributed by atoms with van der Waals surface area (Å²) < 4.78 is 15.9. The van der Waals surface area contributed by atoms with Crippen LogP contribution in [0.5, 0.6) is 0 Å². The molecule has 0 unspecified atom stereocenters. The van der Waals surface area contributed by atoms with Crippen LogP contribution in [0.4, 0.5) is 4.39 Å². The van der Waals surface area contributed by atoms with Gasteiger partial charge >= 0.3 is 0 Å². The molecule has 0 bridgehead atoms.